The van der Waals surface area contributed by atoms with Crippen LogP contribution in [0.2, 0.25) is 0 Å². The lowest BCUT2D eigenvalue weighted by Crippen LogP contribution is -2.42. The van der Waals surface area contributed by atoms with Gasteiger partial charge in [-0.2, -0.15) is 0 Å². The van der Waals surface area contributed by atoms with Gasteiger partial charge in [0.05, 0.1) is 13.7 Å². The van der Waals surface area contributed by atoms with E-state index in [4.69, 9.17) is 9.47 Å². The highest BCUT2D eigenvalue weighted by Crippen LogP contribution is 2.30. The van der Waals surface area contributed by atoms with Gasteiger partial charge in [-0.1, -0.05) is 30.3 Å². The number of amides is 3. The van der Waals surface area contributed by atoms with E-state index in [1.165, 1.54) is 0 Å². The molecule has 0 radical (unpaired) electrons. The first-order valence-electron chi connectivity index (χ1n) is 9.42. The monoisotopic (exact) mass is 398 g/mol. The third kappa shape index (κ3) is 4.05. The number of imide groups is 1. The fourth-order valence-electron chi connectivity index (χ4n) is 3.45. The Hall–Kier alpha value is -3.06. The number of carbonyl (C=O) groups excluding carboxylic acids is 2. The van der Waals surface area contributed by atoms with E-state index in [2.05, 4.69) is 5.32 Å². The summed E-state index contributed by atoms with van der Waals surface area (Å²) in [6, 6.07) is 12.2. The number of aryl methyl sites for hydroxylation is 2. The number of aliphatic hydroxyl groups excluding tert-OH is 1. The maximum atomic E-state index is 13.0. The lowest BCUT2D eigenvalue weighted by atomic mass is 9.92. The van der Waals surface area contributed by atoms with Crippen molar-refractivity contribution < 1.29 is 24.2 Å². The highest BCUT2D eigenvalue weighted by molar-refractivity contribution is 6.07. The maximum absolute atomic E-state index is 13.0. The van der Waals surface area contributed by atoms with Crippen molar-refractivity contribution in [1.82, 2.24) is 10.2 Å². The van der Waals surface area contributed by atoms with Crippen LogP contribution in [-0.4, -0.2) is 48.3 Å². The van der Waals surface area contributed by atoms with E-state index in [9.17, 15) is 14.7 Å². The highest BCUT2D eigenvalue weighted by Gasteiger charge is 2.49. The standard InChI is InChI=1S/C22H26N2O5/c1-14-6-5-7-15(2)19(14)29-13-17(25)12-24-20(26)22(3,23-21(24)27)16-8-10-18(28-4)11-9-16/h5-11,17,25H,12-13H2,1-4H3,(H,23,27)/t17-,22+/m0/s1. The summed E-state index contributed by atoms with van der Waals surface area (Å²) in [6.45, 7) is 5.32. The summed E-state index contributed by atoms with van der Waals surface area (Å²) in [4.78, 5) is 26.4. The van der Waals surface area contributed by atoms with Crippen molar-refractivity contribution in [3.05, 3.63) is 59.2 Å². The Morgan fingerprint density at radius 3 is 2.31 bits per heavy atom. The van der Waals surface area contributed by atoms with Gasteiger partial charge in [0.1, 0.15) is 29.7 Å². The number of nitrogens with zero attached hydrogens (tertiary/aromatic N) is 1. The van der Waals surface area contributed by atoms with Gasteiger partial charge >= 0.3 is 6.03 Å². The minimum Gasteiger partial charge on any atom is -0.497 e. The lowest BCUT2D eigenvalue weighted by molar-refractivity contribution is -0.132. The van der Waals surface area contributed by atoms with Crippen molar-refractivity contribution in [3.8, 4) is 11.5 Å². The molecule has 0 bridgehead atoms. The molecule has 2 aromatic carbocycles. The van der Waals surface area contributed by atoms with Gasteiger partial charge in [-0.25, -0.2) is 4.79 Å². The first-order chi connectivity index (χ1) is 13.8. The molecule has 1 aliphatic rings. The lowest BCUT2D eigenvalue weighted by Gasteiger charge is -2.23. The van der Waals surface area contributed by atoms with E-state index < -0.39 is 23.6 Å². The maximum Gasteiger partial charge on any atom is 0.325 e. The van der Waals surface area contributed by atoms with Gasteiger partial charge < -0.3 is 19.9 Å². The van der Waals surface area contributed by atoms with Crippen LogP contribution < -0.4 is 14.8 Å². The molecule has 0 unspecified atom stereocenters. The summed E-state index contributed by atoms with van der Waals surface area (Å²) in [6.07, 6.45) is -1.01. The van der Waals surface area contributed by atoms with Crippen molar-refractivity contribution in [2.24, 2.45) is 0 Å². The number of urea groups is 1. The average Bonchev–Trinajstić information content (AvgIpc) is 2.91. The summed E-state index contributed by atoms with van der Waals surface area (Å²) in [5, 5.41) is 13.1. The van der Waals surface area contributed by atoms with Crippen LogP contribution >= 0.6 is 0 Å². The minimum absolute atomic E-state index is 0.0258. The zero-order chi connectivity index (χ0) is 21.2. The number of benzene rings is 2. The van der Waals surface area contributed by atoms with Crippen LogP contribution in [0.1, 0.15) is 23.6 Å². The van der Waals surface area contributed by atoms with E-state index >= 15 is 0 Å². The van der Waals surface area contributed by atoms with E-state index in [1.807, 2.05) is 32.0 Å². The minimum atomic E-state index is -1.20. The summed E-state index contributed by atoms with van der Waals surface area (Å²) in [5.41, 5.74) is 1.36. The van der Waals surface area contributed by atoms with Crippen LogP contribution in [0.3, 0.4) is 0 Å². The molecule has 0 saturated carbocycles. The zero-order valence-corrected chi connectivity index (χ0v) is 17.1. The van der Waals surface area contributed by atoms with Gasteiger partial charge in [-0.05, 0) is 49.6 Å². The van der Waals surface area contributed by atoms with E-state index in [0.29, 0.717) is 17.1 Å². The Labute approximate surface area is 170 Å². The number of ether oxygens (including phenoxy) is 2. The van der Waals surface area contributed by atoms with Gasteiger partial charge in [0.2, 0.25) is 0 Å². The molecule has 29 heavy (non-hydrogen) atoms. The van der Waals surface area contributed by atoms with Crippen LogP contribution in [0.5, 0.6) is 11.5 Å². The SMILES string of the molecule is COc1ccc([C@@]2(C)NC(=O)N(C[C@H](O)COc3c(C)cccc3C)C2=O)cc1. The van der Waals surface area contributed by atoms with E-state index in [0.717, 1.165) is 16.0 Å². The topological polar surface area (TPSA) is 88.1 Å². The molecule has 1 aliphatic heterocycles. The number of para-hydroxylation sites is 1. The summed E-state index contributed by atoms with van der Waals surface area (Å²) in [7, 11) is 1.56. The van der Waals surface area contributed by atoms with Gasteiger partial charge in [0.15, 0.2) is 0 Å². The number of nitrogens with one attached hydrogen (secondary N) is 1. The zero-order valence-electron chi connectivity index (χ0n) is 17.1. The Kier molecular flexibility index (Phi) is 5.79. The van der Waals surface area contributed by atoms with Gasteiger partial charge in [-0.15, -0.1) is 0 Å². The highest BCUT2D eigenvalue weighted by atomic mass is 16.5. The Bertz CT molecular complexity index is 892. The number of aliphatic hydroxyl groups is 1. The Morgan fingerprint density at radius 2 is 1.72 bits per heavy atom. The van der Waals surface area contributed by atoms with Crippen LogP contribution in [0.15, 0.2) is 42.5 Å². The third-order valence-electron chi connectivity index (χ3n) is 5.16. The van der Waals surface area contributed by atoms with Crippen molar-refractivity contribution >= 4 is 11.9 Å². The predicted molar refractivity (Wildman–Crippen MR) is 108 cm³/mol. The normalized spacial score (nSPS) is 19.8. The molecule has 2 aromatic rings. The van der Waals surface area contributed by atoms with Crippen molar-refractivity contribution in [3.63, 3.8) is 0 Å². The van der Waals surface area contributed by atoms with Crippen LogP contribution in [-0.2, 0) is 10.3 Å². The largest absolute Gasteiger partial charge is 0.497 e. The number of carbonyl (C=O) groups is 2. The molecule has 1 saturated heterocycles. The molecule has 0 aliphatic carbocycles. The van der Waals surface area contributed by atoms with E-state index in [-0.39, 0.29) is 13.2 Å². The second kappa shape index (κ2) is 8.13. The molecular weight excluding hydrogens is 372 g/mol. The average molecular weight is 398 g/mol. The molecule has 3 amide bonds. The molecule has 0 aromatic heterocycles. The molecule has 3 rings (SSSR count). The molecular formula is C22H26N2O5. The van der Waals surface area contributed by atoms with Crippen LogP contribution in [0.25, 0.3) is 0 Å². The number of β-amino-alcohol motifs (C(OH)–C–C–N with tert-alkyl or cyclic N) is 1. The second-order valence-corrected chi connectivity index (χ2v) is 7.39. The number of hydrogen-bond acceptors (Lipinski definition) is 5. The quantitative estimate of drug-likeness (QED) is 0.700. The molecule has 0 spiro atoms. The first kappa shape index (κ1) is 20.7. The molecule has 2 atom stereocenters. The van der Waals surface area contributed by atoms with Crippen molar-refractivity contribution in [1.29, 1.82) is 0 Å². The number of rotatable bonds is 7. The van der Waals surface area contributed by atoms with Gasteiger partial charge in [0.25, 0.3) is 5.91 Å². The van der Waals surface area contributed by atoms with Gasteiger partial charge in [0, 0.05) is 0 Å². The van der Waals surface area contributed by atoms with E-state index in [1.54, 1.807) is 38.3 Å². The molecule has 2 N–H and O–H groups in total. The molecule has 7 heteroatoms. The molecule has 7 nitrogen and oxygen atoms in total. The van der Waals surface area contributed by atoms with Gasteiger partial charge in [-0.3, -0.25) is 9.69 Å². The smallest absolute Gasteiger partial charge is 0.325 e. The summed E-state index contributed by atoms with van der Waals surface area (Å²) >= 11 is 0. The fraction of sp³-hybridized carbons (Fsp3) is 0.364. The van der Waals surface area contributed by atoms with Crippen molar-refractivity contribution in [2.45, 2.75) is 32.4 Å². The first-order valence-corrected chi connectivity index (χ1v) is 9.42. The van der Waals surface area contributed by atoms with Crippen LogP contribution in [0.4, 0.5) is 4.79 Å². The fourth-order valence-corrected chi connectivity index (χ4v) is 3.45. The second-order valence-electron chi connectivity index (χ2n) is 7.39. The molecule has 1 heterocycles. The van der Waals surface area contributed by atoms with Crippen molar-refractivity contribution in [2.75, 3.05) is 20.3 Å². The predicted octanol–water partition coefficient (Wildman–Crippen LogP) is 2.52. The number of hydrogen-bond donors (Lipinski definition) is 2. The summed E-state index contributed by atoms with van der Waals surface area (Å²) < 4.78 is 10.9. The molecule has 154 valence electrons. The Balaban J connectivity index is 1.67. The van der Waals surface area contributed by atoms with Crippen LogP contribution in [0, 0.1) is 13.8 Å². The molecule has 1 fully saturated rings. The third-order valence-corrected chi connectivity index (χ3v) is 5.16. The summed E-state index contributed by atoms with van der Waals surface area (Å²) in [5.74, 6) is 0.940. The number of methoxy groups -OCH3 is 1. The Morgan fingerprint density at radius 1 is 1.10 bits per heavy atom.